The molecule has 3 rings (SSSR count). The van der Waals surface area contributed by atoms with E-state index in [-0.39, 0.29) is 12.5 Å². The summed E-state index contributed by atoms with van der Waals surface area (Å²) in [5.41, 5.74) is 2.17. The van der Waals surface area contributed by atoms with Crippen LogP contribution in [0.15, 0.2) is 93.6 Å². The maximum Gasteiger partial charge on any atom is 0.262 e. The molecule has 3 aromatic rings. The van der Waals surface area contributed by atoms with Gasteiger partial charge in [-0.1, -0.05) is 34.1 Å². The van der Waals surface area contributed by atoms with Crippen molar-refractivity contribution in [1.29, 1.82) is 0 Å². The van der Waals surface area contributed by atoms with Gasteiger partial charge in [0.2, 0.25) is 0 Å². The summed E-state index contributed by atoms with van der Waals surface area (Å²) in [5.74, 6) is 0.409. The first-order valence-electron chi connectivity index (χ1n) is 7.94. The van der Waals surface area contributed by atoms with E-state index >= 15 is 0 Å². The maximum atomic E-state index is 12.0. The van der Waals surface area contributed by atoms with Gasteiger partial charge in [-0.3, -0.25) is 4.79 Å². The molecule has 0 radical (unpaired) electrons. The predicted octanol–water partition coefficient (Wildman–Crippen LogP) is 5.88. The minimum absolute atomic E-state index is 0.0584. The zero-order chi connectivity index (χ0) is 18.2. The molecule has 3 aromatic carbocycles. The molecular formula is C20H16BrN3O2. The maximum absolute atomic E-state index is 12.0. The van der Waals surface area contributed by atoms with E-state index in [1.807, 2.05) is 42.5 Å². The highest BCUT2D eigenvalue weighted by Gasteiger charge is 2.04. The molecule has 0 saturated carbocycles. The average molecular weight is 410 g/mol. The Hall–Kier alpha value is -2.99. The van der Waals surface area contributed by atoms with E-state index in [9.17, 15) is 4.79 Å². The van der Waals surface area contributed by atoms with Gasteiger partial charge in [-0.15, -0.1) is 0 Å². The Labute approximate surface area is 159 Å². The van der Waals surface area contributed by atoms with Crippen molar-refractivity contribution < 1.29 is 9.53 Å². The molecule has 0 saturated heterocycles. The van der Waals surface area contributed by atoms with E-state index in [0.717, 1.165) is 10.2 Å². The smallest absolute Gasteiger partial charge is 0.262 e. The van der Waals surface area contributed by atoms with Gasteiger partial charge < -0.3 is 10.1 Å². The summed E-state index contributed by atoms with van der Waals surface area (Å²) in [6, 6.07) is 23.9. The topological polar surface area (TPSA) is 63.0 Å². The van der Waals surface area contributed by atoms with E-state index in [1.165, 1.54) is 0 Å². The summed E-state index contributed by atoms with van der Waals surface area (Å²) in [4.78, 5) is 12.0. The number of nitrogens with zero attached hydrogens (tertiary/aromatic N) is 2. The van der Waals surface area contributed by atoms with Gasteiger partial charge in [0.25, 0.3) is 5.91 Å². The van der Waals surface area contributed by atoms with Crippen LogP contribution >= 0.6 is 15.9 Å². The molecule has 1 N–H and O–H groups in total. The molecule has 0 atom stereocenters. The van der Waals surface area contributed by atoms with Crippen LogP contribution in [0.5, 0.6) is 5.75 Å². The molecular weight excluding hydrogens is 394 g/mol. The van der Waals surface area contributed by atoms with Gasteiger partial charge in [-0.05, 0) is 60.7 Å². The Bertz CT molecular complexity index is 879. The summed E-state index contributed by atoms with van der Waals surface area (Å²) in [5, 5.41) is 11.1. The average Bonchev–Trinajstić information content (AvgIpc) is 2.68. The molecule has 0 spiro atoms. The number of hydrogen-bond acceptors (Lipinski definition) is 4. The van der Waals surface area contributed by atoms with Gasteiger partial charge in [0, 0.05) is 10.2 Å². The SMILES string of the molecule is O=C(COc1ccc(Br)cc1)Nc1ccc(N=Nc2ccccc2)cc1. The van der Waals surface area contributed by atoms with Gasteiger partial charge in [-0.2, -0.15) is 10.2 Å². The number of carbonyl (C=O) groups is 1. The molecule has 0 aliphatic carbocycles. The monoisotopic (exact) mass is 409 g/mol. The minimum Gasteiger partial charge on any atom is -0.484 e. The second-order valence-corrected chi connectivity index (χ2v) is 6.29. The lowest BCUT2D eigenvalue weighted by molar-refractivity contribution is -0.118. The standard InChI is InChI=1S/C20H16BrN3O2/c21-15-6-12-19(13-7-15)26-14-20(25)22-16-8-10-18(11-9-16)24-23-17-4-2-1-3-5-17/h1-13H,14H2,(H,22,25). The van der Waals surface area contributed by atoms with E-state index in [4.69, 9.17) is 4.74 Å². The van der Waals surface area contributed by atoms with Gasteiger partial charge in [0.1, 0.15) is 5.75 Å². The largest absolute Gasteiger partial charge is 0.484 e. The number of amides is 1. The number of hydrogen-bond donors (Lipinski definition) is 1. The first-order chi connectivity index (χ1) is 12.7. The molecule has 0 heterocycles. The summed E-state index contributed by atoms with van der Waals surface area (Å²) in [6.45, 7) is -0.0584. The molecule has 130 valence electrons. The van der Waals surface area contributed by atoms with Crippen molar-refractivity contribution in [3.8, 4) is 5.75 Å². The summed E-state index contributed by atoms with van der Waals surface area (Å²) in [6.07, 6.45) is 0. The Kier molecular flexibility index (Phi) is 6.11. The van der Waals surface area contributed by atoms with Crippen molar-refractivity contribution in [2.75, 3.05) is 11.9 Å². The molecule has 0 bridgehead atoms. The molecule has 0 fully saturated rings. The molecule has 1 amide bonds. The zero-order valence-corrected chi connectivity index (χ0v) is 15.4. The molecule has 0 aliphatic heterocycles. The second-order valence-electron chi connectivity index (χ2n) is 5.37. The first kappa shape index (κ1) is 17.8. The fraction of sp³-hybridized carbons (Fsp3) is 0.0500. The number of ether oxygens (including phenoxy) is 1. The van der Waals surface area contributed by atoms with Crippen LogP contribution in [0.1, 0.15) is 0 Å². The van der Waals surface area contributed by atoms with Crippen molar-refractivity contribution in [2.45, 2.75) is 0 Å². The Morgan fingerprint density at radius 2 is 1.46 bits per heavy atom. The number of nitrogens with one attached hydrogen (secondary N) is 1. The van der Waals surface area contributed by atoms with E-state index in [2.05, 4.69) is 31.5 Å². The molecule has 6 heteroatoms. The number of anilines is 1. The van der Waals surface area contributed by atoms with E-state index in [1.54, 1.807) is 36.4 Å². The molecule has 5 nitrogen and oxygen atoms in total. The molecule has 0 aliphatic rings. The van der Waals surface area contributed by atoms with Gasteiger partial charge in [0.15, 0.2) is 6.61 Å². The van der Waals surface area contributed by atoms with Crippen molar-refractivity contribution in [3.63, 3.8) is 0 Å². The van der Waals surface area contributed by atoms with Crippen molar-refractivity contribution in [2.24, 2.45) is 10.2 Å². The third kappa shape index (κ3) is 5.53. The lowest BCUT2D eigenvalue weighted by Crippen LogP contribution is -2.20. The summed E-state index contributed by atoms with van der Waals surface area (Å²) >= 11 is 3.35. The fourth-order valence-electron chi connectivity index (χ4n) is 2.10. The van der Waals surface area contributed by atoms with Crippen LogP contribution in [0.2, 0.25) is 0 Å². The van der Waals surface area contributed by atoms with Crippen LogP contribution in [0.4, 0.5) is 17.1 Å². The highest BCUT2D eigenvalue weighted by Crippen LogP contribution is 2.20. The van der Waals surface area contributed by atoms with E-state index < -0.39 is 0 Å². The zero-order valence-electron chi connectivity index (χ0n) is 13.8. The number of carbonyl (C=O) groups excluding carboxylic acids is 1. The minimum atomic E-state index is -0.230. The van der Waals surface area contributed by atoms with Crippen molar-refractivity contribution in [3.05, 3.63) is 83.3 Å². The molecule has 26 heavy (non-hydrogen) atoms. The van der Waals surface area contributed by atoms with Crippen LogP contribution in [0.25, 0.3) is 0 Å². The summed E-state index contributed by atoms with van der Waals surface area (Å²) < 4.78 is 6.40. The summed E-state index contributed by atoms with van der Waals surface area (Å²) in [7, 11) is 0. The highest BCUT2D eigenvalue weighted by molar-refractivity contribution is 9.10. The predicted molar refractivity (Wildman–Crippen MR) is 105 cm³/mol. The van der Waals surface area contributed by atoms with Crippen LogP contribution in [0, 0.1) is 0 Å². The Morgan fingerprint density at radius 3 is 2.12 bits per heavy atom. The quantitative estimate of drug-likeness (QED) is 0.516. The first-order valence-corrected chi connectivity index (χ1v) is 8.73. The van der Waals surface area contributed by atoms with Crippen LogP contribution in [-0.4, -0.2) is 12.5 Å². The van der Waals surface area contributed by atoms with Crippen LogP contribution in [0.3, 0.4) is 0 Å². The van der Waals surface area contributed by atoms with Crippen molar-refractivity contribution in [1.82, 2.24) is 0 Å². The van der Waals surface area contributed by atoms with Gasteiger partial charge in [-0.25, -0.2) is 0 Å². The third-order valence-electron chi connectivity index (χ3n) is 3.37. The van der Waals surface area contributed by atoms with Gasteiger partial charge in [0.05, 0.1) is 11.4 Å². The second kappa shape index (κ2) is 8.92. The van der Waals surface area contributed by atoms with Crippen LogP contribution < -0.4 is 10.1 Å². The number of azo groups is 1. The van der Waals surface area contributed by atoms with Crippen LogP contribution in [-0.2, 0) is 4.79 Å². The lowest BCUT2D eigenvalue weighted by atomic mass is 10.3. The molecule has 0 aromatic heterocycles. The number of halogens is 1. The lowest BCUT2D eigenvalue weighted by Gasteiger charge is -2.07. The molecule has 0 unspecified atom stereocenters. The highest BCUT2D eigenvalue weighted by atomic mass is 79.9. The number of rotatable bonds is 6. The van der Waals surface area contributed by atoms with Crippen molar-refractivity contribution >= 4 is 38.9 Å². The fourth-order valence-corrected chi connectivity index (χ4v) is 2.36. The normalized spacial score (nSPS) is 10.7. The van der Waals surface area contributed by atoms with E-state index in [0.29, 0.717) is 17.1 Å². The third-order valence-corrected chi connectivity index (χ3v) is 3.90. The van der Waals surface area contributed by atoms with Gasteiger partial charge >= 0.3 is 0 Å². The Balaban J connectivity index is 1.51. The Morgan fingerprint density at radius 1 is 0.846 bits per heavy atom. The number of benzene rings is 3.